The lowest BCUT2D eigenvalue weighted by molar-refractivity contribution is 0.0995. The van der Waals surface area contributed by atoms with Crippen molar-refractivity contribution >= 4 is 29.0 Å². The molecule has 1 fully saturated rings. The Labute approximate surface area is 137 Å². The number of amides is 1. The van der Waals surface area contributed by atoms with E-state index < -0.39 is 5.91 Å². The van der Waals surface area contributed by atoms with E-state index in [2.05, 4.69) is 37.4 Å². The highest BCUT2D eigenvalue weighted by Crippen LogP contribution is 2.26. The van der Waals surface area contributed by atoms with Crippen LogP contribution in [0.3, 0.4) is 0 Å². The van der Waals surface area contributed by atoms with Crippen molar-refractivity contribution < 1.29 is 4.79 Å². The second-order valence-electron chi connectivity index (χ2n) is 5.94. The molecule has 4 heterocycles. The summed E-state index contributed by atoms with van der Waals surface area (Å²) in [5.74, 6) is 1.23. The molecule has 1 saturated heterocycles. The summed E-state index contributed by atoms with van der Waals surface area (Å²) in [6.45, 7) is 3.12. The number of fused-ring (bicyclic) bond motifs is 1. The van der Waals surface area contributed by atoms with Gasteiger partial charge in [-0.1, -0.05) is 0 Å². The minimum absolute atomic E-state index is 0.242. The third kappa shape index (κ3) is 2.43. The Balaban J connectivity index is 1.72. The molecule has 1 aliphatic heterocycles. The number of carbonyl (C=O) groups is 1. The van der Waals surface area contributed by atoms with Crippen LogP contribution in [0.4, 0.5) is 17.6 Å². The van der Waals surface area contributed by atoms with Gasteiger partial charge >= 0.3 is 0 Å². The van der Waals surface area contributed by atoms with Gasteiger partial charge in [0.15, 0.2) is 11.6 Å². The highest BCUT2D eigenvalue weighted by atomic mass is 16.1. The lowest BCUT2D eigenvalue weighted by Crippen LogP contribution is -2.29. The first-order chi connectivity index (χ1) is 11.6. The van der Waals surface area contributed by atoms with Crippen LogP contribution in [0.5, 0.6) is 0 Å². The van der Waals surface area contributed by atoms with Gasteiger partial charge in [0.05, 0.1) is 0 Å². The summed E-state index contributed by atoms with van der Waals surface area (Å²) in [6.07, 6.45) is 4.15. The first-order valence-corrected chi connectivity index (χ1v) is 7.86. The summed E-state index contributed by atoms with van der Waals surface area (Å²) in [7, 11) is 0. The standard InChI is InChI=1S/C15H18N8O/c1-9-4-2-6-22(9)15-18-14(11-5-3-7-23(11)21-15)17-12-8-10(13(16)24)19-20-12/h3,5,7-9H,2,4,6H2,1H3,(H2,16,24)(H2,17,18,19,20,21)/t9-/m0/s1. The Morgan fingerprint density at radius 3 is 3.08 bits per heavy atom. The second kappa shape index (κ2) is 5.52. The lowest BCUT2D eigenvalue weighted by atomic mass is 10.2. The summed E-state index contributed by atoms with van der Waals surface area (Å²) in [4.78, 5) is 18.1. The van der Waals surface area contributed by atoms with Gasteiger partial charge in [0, 0.05) is 24.8 Å². The number of carbonyl (C=O) groups excluding carboxylic acids is 1. The molecular formula is C15H18N8O. The van der Waals surface area contributed by atoms with Gasteiger partial charge in [-0.15, -0.1) is 5.10 Å². The van der Waals surface area contributed by atoms with E-state index in [-0.39, 0.29) is 5.69 Å². The zero-order chi connectivity index (χ0) is 16.7. The lowest BCUT2D eigenvalue weighted by Gasteiger charge is -2.21. The third-order valence-corrected chi connectivity index (χ3v) is 4.28. The topological polar surface area (TPSA) is 117 Å². The number of rotatable bonds is 4. The van der Waals surface area contributed by atoms with E-state index in [1.807, 2.05) is 18.3 Å². The van der Waals surface area contributed by atoms with Crippen molar-refractivity contribution in [2.24, 2.45) is 5.73 Å². The fraction of sp³-hybridized carbons (Fsp3) is 0.333. The Bertz CT molecular complexity index is 898. The summed E-state index contributed by atoms with van der Waals surface area (Å²) >= 11 is 0. The number of hydrogen-bond acceptors (Lipinski definition) is 6. The number of H-pyrrole nitrogens is 1. The van der Waals surface area contributed by atoms with Gasteiger partial charge in [-0.3, -0.25) is 9.89 Å². The van der Waals surface area contributed by atoms with E-state index in [9.17, 15) is 4.79 Å². The molecule has 0 bridgehead atoms. The SMILES string of the molecule is C[C@H]1CCCN1c1nc(Nc2cc(C(N)=O)[nH]n2)c2cccn2n1. The molecule has 3 aromatic rings. The number of aromatic amines is 1. The average molecular weight is 326 g/mol. The van der Waals surface area contributed by atoms with Gasteiger partial charge in [0.25, 0.3) is 5.91 Å². The van der Waals surface area contributed by atoms with E-state index in [1.54, 1.807) is 10.6 Å². The zero-order valence-electron chi connectivity index (χ0n) is 13.2. The van der Waals surface area contributed by atoms with Crippen molar-refractivity contribution in [2.45, 2.75) is 25.8 Å². The molecule has 3 aromatic heterocycles. The maximum absolute atomic E-state index is 11.2. The van der Waals surface area contributed by atoms with Gasteiger partial charge in [0.2, 0.25) is 5.95 Å². The minimum atomic E-state index is -0.558. The summed E-state index contributed by atoms with van der Waals surface area (Å²) in [5, 5.41) is 14.4. The van der Waals surface area contributed by atoms with E-state index in [4.69, 9.17) is 5.73 Å². The van der Waals surface area contributed by atoms with Crippen LogP contribution in [0.15, 0.2) is 24.4 Å². The molecule has 0 spiro atoms. The highest BCUT2D eigenvalue weighted by molar-refractivity contribution is 5.91. The van der Waals surface area contributed by atoms with Crippen molar-refractivity contribution in [3.05, 3.63) is 30.1 Å². The van der Waals surface area contributed by atoms with Gasteiger partial charge in [-0.2, -0.15) is 10.1 Å². The van der Waals surface area contributed by atoms with Crippen molar-refractivity contribution in [3.8, 4) is 0 Å². The van der Waals surface area contributed by atoms with Gasteiger partial charge in [0.1, 0.15) is 11.2 Å². The summed E-state index contributed by atoms with van der Waals surface area (Å²) in [5.41, 5.74) is 6.31. The molecule has 1 atom stereocenters. The third-order valence-electron chi connectivity index (χ3n) is 4.28. The van der Waals surface area contributed by atoms with E-state index in [0.29, 0.717) is 23.6 Å². The van der Waals surface area contributed by atoms with Crippen LogP contribution in [0.1, 0.15) is 30.3 Å². The molecule has 1 amide bonds. The normalized spacial score (nSPS) is 17.5. The number of primary amides is 1. The van der Waals surface area contributed by atoms with Gasteiger partial charge < -0.3 is 16.0 Å². The van der Waals surface area contributed by atoms with Crippen LogP contribution in [0.25, 0.3) is 5.52 Å². The second-order valence-corrected chi connectivity index (χ2v) is 5.94. The predicted octanol–water partition coefficient (Wildman–Crippen LogP) is 1.28. The number of aromatic nitrogens is 5. The first kappa shape index (κ1) is 14.5. The number of nitrogens with zero attached hydrogens (tertiary/aromatic N) is 5. The maximum Gasteiger partial charge on any atom is 0.266 e. The molecule has 4 N–H and O–H groups in total. The summed E-state index contributed by atoms with van der Waals surface area (Å²) in [6, 6.07) is 5.80. The molecule has 4 rings (SSSR count). The molecule has 1 aliphatic rings. The first-order valence-electron chi connectivity index (χ1n) is 7.86. The van der Waals surface area contributed by atoms with Crippen molar-refractivity contribution in [3.63, 3.8) is 0 Å². The molecule has 0 unspecified atom stereocenters. The Hall–Kier alpha value is -3.10. The van der Waals surface area contributed by atoms with Gasteiger partial charge in [-0.25, -0.2) is 4.52 Å². The van der Waals surface area contributed by atoms with Crippen molar-refractivity contribution in [2.75, 3.05) is 16.8 Å². The molecule has 0 saturated carbocycles. The van der Waals surface area contributed by atoms with Crippen LogP contribution >= 0.6 is 0 Å². The predicted molar refractivity (Wildman–Crippen MR) is 89.4 cm³/mol. The van der Waals surface area contributed by atoms with Crippen LogP contribution in [0, 0.1) is 0 Å². The van der Waals surface area contributed by atoms with Crippen LogP contribution in [-0.2, 0) is 0 Å². The number of nitrogens with one attached hydrogen (secondary N) is 2. The van der Waals surface area contributed by atoms with E-state index in [0.717, 1.165) is 24.9 Å². The monoisotopic (exact) mass is 326 g/mol. The summed E-state index contributed by atoms with van der Waals surface area (Å²) < 4.78 is 1.79. The fourth-order valence-corrected chi connectivity index (χ4v) is 3.00. The molecule has 9 heteroatoms. The van der Waals surface area contributed by atoms with Crippen molar-refractivity contribution in [1.29, 1.82) is 0 Å². The van der Waals surface area contributed by atoms with Crippen molar-refractivity contribution in [1.82, 2.24) is 24.8 Å². The van der Waals surface area contributed by atoms with Crippen LogP contribution in [0.2, 0.25) is 0 Å². The number of hydrogen-bond donors (Lipinski definition) is 3. The molecule has 9 nitrogen and oxygen atoms in total. The molecule has 0 aromatic carbocycles. The molecule has 0 radical (unpaired) electrons. The number of nitrogens with two attached hydrogens (primary N) is 1. The molecule has 124 valence electrons. The molecular weight excluding hydrogens is 308 g/mol. The quantitative estimate of drug-likeness (QED) is 0.665. The van der Waals surface area contributed by atoms with Crippen LogP contribution < -0.4 is 16.0 Å². The fourth-order valence-electron chi connectivity index (χ4n) is 3.00. The Morgan fingerprint density at radius 2 is 2.38 bits per heavy atom. The van der Waals surface area contributed by atoms with E-state index in [1.165, 1.54) is 0 Å². The smallest absolute Gasteiger partial charge is 0.266 e. The molecule has 0 aliphatic carbocycles. The maximum atomic E-state index is 11.2. The number of anilines is 3. The molecule has 24 heavy (non-hydrogen) atoms. The largest absolute Gasteiger partial charge is 0.364 e. The Morgan fingerprint density at radius 1 is 1.50 bits per heavy atom. The minimum Gasteiger partial charge on any atom is -0.364 e. The van der Waals surface area contributed by atoms with Gasteiger partial charge in [-0.05, 0) is 31.9 Å². The van der Waals surface area contributed by atoms with E-state index >= 15 is 0 Å². The van der Waals surface area contributed by atoms with Crippen LogP contribution in [-0.4, -0.2) is 43.3 Å². The Kier molecular flexibility index (Phi) is 3.33. The zero-order valence-corrected chi connectivity index (χ0v) is 13.2. The average Bonchev–Trinajstić information content (AvgIpc) is 3.26. The highest BCUT2D eigenvalue weighted by Gasteiger charge is 2.24.